The van der Waals surface area contributed by atoms with Crippen LogP contribution in [0, 0.1) is 9.49 Å². The molecule has 1 aromatic carbocycles. The maximum absolute atomic E-state index is 12.2. The number of hydrogen-bond donors (Lipinski definition) is 1. The van der Waals surface area contributed by atoms with E-state index >= 15 is 0 Å². The molecule has 1 atom stereocenters. The van der Waals surface area contributed by atoms with Gasteiger partial charge in [0.05, 0.1) is 5.56 Å². The van der Waals surface area contributed by atoms with Crippen LogP contribution in [0.2, 0.25) is 0 Å². The normalized spacial score (nSPS) is 20.3. The van der Waals surface area contributed by atoms with E-state index in [0.29, 0.717) is 5.92 Å². The predicted molar refractivity (Wildman–Crippen MR) is 89.4 cm³/mol. The zero-order valence-corrected chi connectivity index (χ0v) is 14.7. The van der Waals surface area contributed by atoms with E-state index in [1.165, 1.54) is 19.4 Å². The molecule has 1 saturated heterocycles. The van der Waals surface area contributed by atoms with Gasteiger partial charge in [-0.1, -0.05) is 0 Å². The summed E-state index contributed by atoms with van der Waals surface area (Å²) in [5, 5.41) is 3.06. The van der Waals surface area contributed by atoms with Crippen molar-refractivity contribution in [2.45, 2.75) is 12.8 Å². The molecule has 3 nitrogen and oxygen atoms in total. The molecular weight excluding hydrogens is 419 g/mol. The quantitative estimate of drug-likeness (QED) is 0.738. The second kappa shape index (κ2) is 7.04. The largest absolute Gasteiger partial charge is 0.352 e. The Morgan fingerprint density at radius 2 is 2.37 bits per heavy atom. The Balaban J connectivity index is 1.92. The summed E-state index contributed by atoms with van der Waals surface area (Å²) in [5.41, 5.74) is 0.719. The molecule has 1 heterocycles. The number of benzene rings is 1. The molecule has 1 fully saturated rings. The Morgan fingerprint density at radius 1 is 1.58 bits per heavy atom. The fourth-order valence-electron chi connectivity index (χ4n) is 2.44. The summed E-state index contributed by atoms with van der Waals surface area (Å²) in [7, 11) is 2.14. The van der Waals surface area contributed by atoms with Crippen LogP contribution in [0.3, 0.4) is 0 Å². The van der Waals surface area contributed by atoms with E-state index in [4.69, 9.17) is 0 Å². The smallest absolute Gasteiger partial charge is 0.252 e. The van der Waals surface area contributed by atoms with Crippen LogP contribution in [0.4, 0.5) is 0 Å². The highest BCUT2D eigenvalue weighted by atomic mass is 127. The summed E-state index contributed by atoms with van der Waals surface area (Å²) in [5.74, 6) is 0.586. The van der Waals surface area contributed by atoms with Crippen molar-refractivity contribution < 1.29 is 4.79 Å². The van der Waals surface area contributed by atoms with Gasteiger partial charge in [-0.3, -0.25) is 4.79 Å². The number of halogens is 2. The second-order valence-corrected chi connectivity index (χ2v) is 7.20. The number of carbonyl (C=O) groups is 1. The number of carbonyl (C=O) groups excluding carboxylic acids is 1. The summed E-state index contributed by atoms with van der Waals surface area (Å²) < 4.78 is 1.93. The molecule has 1 aromatic rings. The van der Waals surface area contributed by atoms with Crippen molar-refractivity contribution in [1.82, 2.24) is 10.2 Å². The van der Waals surface area contributed by atoms with Gasteiger partial charge in [-0.25, -0.2) is 0 Å². The molecule has 0 aliphatic carbocycles. The lowest BCUT2D eigenvalue weighted by Crippen LogP contribution is -2.39. The minimum absolute atomic E-state index is 0.0126. The molecule has 104 valence electrons. The SMILES string of the molecule is CN1CCCC(CNC(=O)c2cc(I)ccc2Br)C1. The van der Waals surface area contributed by atoms with Gasteiger partial charge in [0.2, 0.25) is 0 Å². The first-order valence-corrected chi connectivity index (χ1v) is 8.35. The molecule has 0 bridgehead atoms. The molecule has 0 saturated carbocycles. The minimum atomic E-state index is 0.0126. The van der Waals surface area contributed by atoms with Gasteiger partial charge in [-0.05, 0) is 89.1 Å². The van der Waals surface area contributed by atoms with Crippen LogP contribution in [-0.4, -0.2) is 37.5 Å². The lowest BCUT2D eigenvalue weighted by Gasteiger charge is -2.29. The van der Waals surface area contributed by atoms with Gasteiger partial charge in [0.25, 0.3) is 5.91 Å². The van der Waals surface area contributed by atoms with Crippen LogP contribution >= 0.6 is 38.5 Å². The van der Waals surface area contributed by atoms with E-state index in [1.54, 1.807) is 0 Å². The lowest BCUT2D eigenvalue weighted by atomic mass is 9.98. The highest BCUT2D eigenvalue weighted by molar-refractivity contribution is 14.1. The van der Waals surface area contributed by atoms with Gasteiger partial charge >= 0.3 is 0 Å². The van der Waals surface area contributed by atoms with Crippen molar-refractivity contribution in [3.8, 4) is 0 Å². The molecule has 0 radical (unpaired) electrons. The minimum Gasteiger partial charge on any atom is -0.352 e. The number of likely N-dealkylation sites (tertiary alicyclic amines) is 1. The summed E-state index contributed by atoms with van der Waals surface area (Å²) >= 11 is 5.66. The van der Waals surface area contributed by atoms with Crippen molar-refractivity contribution in [1.29, 1.82) is 0 Å². The maximum Gasteiger partial charge on any atom is 0.252 e. The van der Waals surface area contributed by atoms with Crippen LogP contribution in [0.15, 0.2) is 22.7 Å². The Bertz CT molecular complexity index is 467. The fraction of sp³-hybridized carbons (Fsp3) is 0.500. The lowest BCUT2D eigenvalue weighted by molar-refractivity contribution is 0.0936. The summed E-state index contributed by atoms with van der Waals surface area (Å²) in [6, 6.07) is 5.82. The number of nitrogens with one attached hydrogen (secondary N) is 1. The third-order valence-corrected chi connectivity index (χ3v) is 4.81. The molecule has 1 aliphatic heterocycles. The summed E-state index contributed by atoms with van der Waals surface area (Å²) in [6.07, 6.45) is 2.43. The van der Waals surface area contributed by atoms with Crippen LogP contribution in [0.1, 0.15) is 23.2 Å². The van der Waals surface area contributed by atoms with Crippen LogP contribution in [0.25, 0.3) is 0 Å². The summed E-state index contributed by atoms with van der Waals surface area (Å²) in [6.45, 7) is 3.02. The molecule has 5 heteroatoms. The standard InChI is InChI=1S/C14H18BrIN2O/c1-18-6-2-3-10(9-18)8-17-14(19)12-7-11(16)4-5-13(12)15/h4-5,7,10H,2-3,6,8-9H2,1H3,(H,17,19). The molecule has 1 aliphatic rings. The van der Waals surface area contributed by atoms with Gasteiger partial charge < -0.3 is 10.2 Å². The average molecular weight is 437 g/mol. The van der Waals surface area contributed by atoms with Crippen molar-refractivity contribution in [2.24, 2.45) is 5.92 Å². The van der Waals surface area contributed by atoms with E-state index in [1.807, 2.05) is 18.2 Å². The zero-order valence-electron chi connectivity index (χ0n) is 11.0. The first kappa shape index (κ1) is 15.3. The first-order valence-electron chi connectivity index (χ1n) is 6.48. The van der Waals surface area contributed by atoms with E-state index in [2.05, 4.69) is 55.8 Å². The number of amides is 1. The average Bonchev–Trinajstić information content (AvgIpc) is 2.39. The molecule has 1 unspecified atom stereocenters. The Kier molecular flexibility index (Phi) is 5.65. The van der Waals surface area contributed by atoms with E-state index in [0.717, 1.165) is 26.7 Å². The van der Waals surface area contributed by atoms with Crippen molar-refractivity contribution >= 4 is 44.4 Å². The van der Waals surface area contributed by atoms with Crippen molar-refractivity contribution in [2.75, 3.05) is 26.7 Å². The topological polar surface area (TPSA) is 32.3 Å². The van der Waals surface area contributed by atoms with E-state index in [-0.39, 0.29) is 5.91 Å². The van der Waals surface area contributed by atoms with Crippen LogP contribution in [0.5, 0.6) is 0 Å². The predicted octanol–water partition coefficient (Wildman–Crippen LogP) is 3.13. The van der Waals surface area contributed by atoms with E-state index < -0.39 is 0 Å². The molecule has 19 heavy (non-hydrogen) atoms. The second-order valence-electron chi connectivity index (χ2n) is 5.10. The molecular formula is C14H18BrIN2O. The van der Waals surface area contributed by atoms with E-state index in [9.17, 15) is 4.79 Å². The first-order chi connectivity index (χ1) is 9.06. The number of hydrogen-bond acceptors (Lipinski definition) is 2. The molecule has 2 rings (SSSR count). The monoisotopic (exact) mass is 436 g/mol. The number of nitrogens with zero attached hydrogens (tertiary/aromatic N) is 1. The summed E-state index contributed by atoms with van der Waals surface area (Å²) in [4.78, 5) is 14.5. The molecule has 1 amide bonds. The van der Waals surface area contributed by atoms with Gasteiger partial charge in [0.1, 0.15) is 0 Å². The Labute approximate surface area is 136 Å². The fourth-order valence-corrected chi connectivity index (χ4v) is 3.36. The Morgan fingerprint density at radius 3 is 3.11 bits per heavy atom. The van der Waals surface area contributed by atoms with Crippen LogP contribution < -0.4 is 5.32 Å². The molecule has 1 N–H and O–H groups in total. The Hall–Kier alpha value is -0.140. The van der Waals surface area contributed by atoms with Crippen molar-refractivity contribution in [3.63, 3.8) is 0 Å². The molecule has 0 spiro atoms. The zero-order chi connectivity index (χ0) is 13.8. The van der Waals surface area contributed by atoms with Crippen LogP contribution in [-0.2, 0) is 0 Å². The van der Waals surface area contributed by atoms with Gasteiger partial charge in [0, 0.05) is 21.1 Å². The molecule has 0 aromatic heterocycles. The third kappa shape index (κ3) is 4.43. The number of piperidine rings is 1. The third-order valence-electron chi connectivity index (χ3n) is 3.45. The highest BCUT2D eigenvalue weighted by Gasteiger charge is 2.18. The maximum atomic E-state index is 12.2. The highest BCUT2D eigenvalue weighted by Crippen LogP contribution is 2.20. The number of rotatable bonds is 3. The van der Waals surface area contributed by atoms with Gasteiger partial charge in [0.15, 0.2) is 0 Å². The van der Waals surface area contributed by atoms with Gasteiger partial charge in [-0.2, -0.15) is 0 Å². The van der Waals surface area contributed by atoms with Gasteiger partial charge in [-0.15, -0.1) is 0 Å². The van der Waals surface area contributed by atoms with Crippen molar-refractivity contribution in [3.05, 3.63) is 31.8 Å².